The predicted octanol–water partition coefficient (Wildman–Crippen LogP) is 4.12. The number of nitrogens with zero attached hydrogens (tertiary/aromatic N) is 1. The number of piperidine rings is 1. The lowest BCUT2D eigenvalue weighted by atomic mass is 9.90. The van der Waals surface area contributed by atoms with E-state index < -0.39 is 0 Å². The Bertz CT molecular complexity index is 1070. The summed E-state index contributed by atoms with van der Waals surface area (Å²) in [5.41, 5.74) is 1.96. The average Bonchev–Trinajstić information content (AvgIpc) is 2.78. The van der Waals surface area contributed by atoms with Crippen molar-refractivity contribution in [3.8, 4) is 0 Å². The number of hydrogen-bond acceptors (Lipinski definition) is 2. The molecule has 1 fully saturated rings. The smallest absolute Gasteiger partial charge is 0.241 e. The lowest BCUT2D eigenvalue weighted by Crippen LogP contribution is -2.44. The summed E-state index contributed by atoms with van der Waals surface area (Å²) in [7, 11) is 0. The number of halogens is 1. The molecule has 1 aliphatic heterocycles. The highest BCUT2D eigenvalue weighted by Gasteiger charge is 2.23. The highest BCUT2D eigenvalue weighted by atomic mass is 19.1. The summed E-state index contributed by atoms with van der Waals surface area (Å²) in [5.74, 6) is 0.0531. The van der Waals surface area contributed by atoms with E-state index in [0.717, 1.165) is 41.2 Å². The van der Waals surface area contributed by atoms with E-state index in [1.54, 1.807) is 12.1 Å². The van der Waals surface area contributed by atoms with E-state index in [4.69, 9.17) is 0 Å². The van der Waals surface area contributed by atoms with Crippen LogP contribution in [0, 0.1) is 11.7 Å². The van der Waals surface area contributed by atoms with Gasteiger partial charge in [-0.2, -0.15) is 0 Å². The van der Waals surface area contributed by atoms with Gasteiger partial charge in [-0.15, -0.1) is 0 Å². The zero-order valence-corrected chi connectivity index (χ0v) is 17.5. The molecule has 2 amide bonds. The van der Waals surface area contributed by atoms with Crippen LogP contribution in [0.4, 0.5) is 4.39 Å². The summed E-state index contributed by atoms with van der Waals surface area (Å²) in [5, 5.41) is 4.94. The molecule has 1 N–H and O–H groups in total. The minimum absolute atomic E-state index is 0.0260. The summed E-state index contributed by atoms with van der Waals surface area (Å²) in [6, 6.07) is 20.6. The summed E-state index contributed by atoms with van der Waals surface area (Å²) in [6.07, 6.45) is 2.88. The van der Waals surface area contributed by atoms with Crippen molar-refractivity contribution in [1.29, 1.82) is 0 Å². The number of fused-ring (bicyclic) bond motifs is 1. The van der Waals surface area contributed by atoms with Crippen LogP contribution in [0.2, 0.25) is 0 Å². The van der Waals surface area contributed by atoms with E-state index >= 15 is 0 Å². The molecule has 0 radical (unpaired) electrons. The lowest BCUT2D eigenvalue weighted by Gasteiger charge is -2.32. The largest absolute Gasteiger partial charge is 0.347 e. The Hall–Kier alpha value is -3.21. The van der Waals surface area contributed by atoms with Crippen LogP contribution < -0.4 is 5.32 Å². The van der Waals surface area contributed by atoms with Crippen molar-refractivity contribution in [1.82, 2.24) is 10.2 Å². The van der Waals surface area contributed by atoms with Crippen LogP contribution in [0.25, 0.3) is 10.8 Å². The molecule has 0 atom stereocenters. The molecular formula is C26H27FN2O2. The van der Waals surface area contributed by atoms with Crippen LogP contribution in [0.5, 0.6) is 0 Å². The van der Waals surface area contributed by atoms with Crippen LogP contribution in [0.3, 0.4) is 0 Å². The maximum absolute atomic E-state index is 13.4. The van der Waals surface area contributed by atoms with Gasteiger partial charge in [0.05, 0.1) is 13.0 Å². The van der Waals surface area contributed by atoms with Crippen molar-refractivity contribution in [2.75, 3.05) is 19.6 Å². The number of amides is 2. The fraction of sp³-hybridized carbons (Fsp3) is 0.308. The van der Waals surface area contributed by atoms with E-state index in [0.29, 0.717) is 19.0 Å². The third-order valence-corrected chi connectivity index (χ3v) is 6.05. The monoisotopic (exact) mass is 418 g/mol. The van der Waals surface area contributed by atoms with Crippen molar-refractivity contribution in [3.05, 3.63) is 83.7 Å². The Kier molecular flexibility index (Phi) is 6.60. The molecule has 0 unspecified atom stereocenters. The van der Waals surface area contributed by atoms with Crippen LogP contribution in [-0.2, 0) is 22.4 Å². The molecule has 1 aliphatic rings. The van der Waals surface area contributed by atoms with E-state index in [9.17, 15) is 14.0 Å². The first-order valence-corrected chi connectivity index (χ1v) is 10.8. The Balaban J connectivity index is 1.23. The first kappa shape index (κ1) is 21.0. The molecule has 0 saturated carbocycles. The Labute approximate surface area is 182 Å². The molecule has 1 saturated heterocycles. The normalized spacial score (nSPS) is 14.5. The van der Waals surface area contributed by atoms with Crippen LogP contribution >= 0.6 is 0 Å². The number of carbonyl (C=O) groups is 2. The number of nitrogens with one attached hydrogen (secondary N) is 1. The molecule has 3 aromatic carbocycles. The molecule has 4 rings (SSSR count). The first-order valence-electron chi connectivity index (χ1n) is 10.8. The molecule has 0 aliphatic carbocycles. The number of carbonyl (C=O) groups excluding carboxylic acids is 2. The van der Waals surface area contributed by atoms with Crippen LogP contribution in [-0.4, -0.2) is 36.3 Å². The van der Waals surface area contributed by atoms with E-state index in [1.165, 1.54) is 6.07 Å². The lowest BCUT2D eigenvalue weighted by molar-refractivity contribution is -0.133. The quantitative estimate of drug-likeness (QED) is 0.655. The van der Waals surface area contributed by atoms with Crippen LogP contribution in [0.15, 0.2) is 66.7 Å². The second kappa shape index (κ2) is 9.73. The van der Waals surface area contributed by atoms with Gasteiger partial charge in [0.1, 0.15) is 5.82 Å². The van der Waals surface area contributed by atoms with Gasteiger partial charge in [0.25, 0.3) is 0 Å². The standard InChI is InChI=1S/C26H27FN2O2/c27-23-9-3-5-20(16-23)15-19-11-13-29(14-12-19)26(31)18-28-25(30)17-22-8-4-7-21-6-1-2-10-24(21)22/h1-10,16,19H,11-15,17-18H2,(H,28,30). The van der Waals surface area contributed by atoms with E-state index in [-0.39, 0.29) is 30.6 Å². The SMILES string of the molecule is O=C(Cc1cccc2ccccc12)NCC(=O)N1CCC(Cc2cccc(F)c2)CC1. The van der Waals surface area contributed by atoms with E-state index in [2.05, 4.69) is 5.32 Å². The molecule has 0 bridgehead atoms. The van der Waals surface area contributed by atoms with Crippen molar-refractivity contribution in [2.45, 2.75) is 25.7 Å². The van der Waals surface area contributed by atoms with Crippen molar-refractivity contribution < 1.29 is 14.0 Å². The molecule has 5 heteroatoms. The first-order chi connectivity index (χ1) is 15.1. The Morgan fingerprint density at radius 3 is 2.52 bits per heavy atom. The van der Waals surface area contributed by atoms with Crippen molar-refractivity contribution in [2.24, 2.45) is 5.92 Å². The van der Waals surface area contributed by atoms with Crippen molar-refractivity contribution >= 4 is 22.6 Å². The van der Waals surface area contributed by atoms with Gasteiger partial charge >= 0.3 is 0 Å². The van der Waals surface area contributed by atoms with Gasteiger partial charge in [0.2, 0.25) is 11.8 Å². The van der Waals surface area contributed by atoms with Gasteiger partial charge in [0, 0.05) is 13.1 Å². The predicted molar refractivity (Wildman–Crippen MR) is 120 cm³/mol. The molecule has 4 nitrogen and oxygen atoms in total. The minimum atomic E-state index is -0.204. The van der Waals surface area contributed by atoms with Crippen LogP contribution in [0.1, 0.15) is 24.0 Å². The molecule has 0 aromatic heterocycles. The Morgan fingerprint density at radius 1 is 0.968 bits per heavy atom. The van der Waals surface area contributed by atoms with Crippen molar-refractivity contribution in [3.63, 3.8) is 0 Å². The summed E-state index contributed by atoms with van der Waals surface area (Å²) < 4.78 is 13.4. The maximum Gasteiger partial charge on any atom is 0.241 e. The summed E-state index contributed by atoms with van der Waals surface area (Å²) in [6.45, 7) is 1.38. The highest BCUT2D eigenvalue weighted by Crippen LogP contribution is 2.22. The number of rotatable bonds is 6. The fourth-order valence-electron chi connectivity index (χ4n) is 4.35. The molecule has 31 heavy (non-hydrogen) atoms. The topological polar surface area (TPSA) is 49.4 Å². The second-order valence-corrected chi connectivity index (χ2v) is 8.25. The molecule has 1 heterocycles. The number of likely N-dealkylation sites (tertiary alicyclic amines) is 1. The zero-order valence-electron chi connectivity index (χ0n) is 17.5. The second-order valence-electron chi connectivity index (χ2n) is 8.25. The van der Waals surface area contributed by atoms with E-state index in [1.807, 2.05) is 53.4 Å². The Morgan fingerprint density at radius 2 is 1.71 bits per heavy atom. The minimum Gasteiger partial charge on any atom is -0.347 e. The zero-order chi connectivity index (χ0) is 21.6. The van der Waals surface area contributed by atoms with Gasteiger partial charge in [0.15, 0.2) is 0 Å². The average molecular weight is 419 g/mol. The third-order valence-electron chi connectivity index (χ3n) is 6.05. The maximum atomic E-state index is 13.4. The third kappa shape index (κ3) is 5.48. The molecule has 160 valence electrons. The van der Waals surface area contributed by atoms with Gasteiger partial charge in [-0.1, -0.05) is 54.6 Å². The fourth-order valence-corrected chi connectivity index (χ4v) is 4.35. The van der Waals surface area contributed by atoms with Gasteiger partial charge < -0.3 is 10.2 Å². The number of benzene rings is 3. The molecule has 0 spiro atoms. The summed E-state index contributed by atoms with van der Waals surface area (Å²) >= 11 is 0. The van der Waals surface area contributed by atoms with Gasteiger partial charge in [-0.05, 0) is 59.2 Å². The summed E-state index contributed by atoms with van der Waals surface area (Å²) in [4.78, 5) is 26.8. The molecular weight excluding hydrogens is 391 g/mol. The number of hydrogen-bond donors (Lipinski definition) is 1. The van der Waals surface area contributed by atoms with Gasteiger partial charge in [-0.25, -0.2) is 4.39 Å². The van der Waals surface area contributed by atoms with Gasteiger partial charge in [-0.3, -0.25) is 9.59 Å². The highest BCUT2D eigenvalue weighted by molar-refractivity contribution is 5.91. The molecule has 3 aromatic rings.